The third-order valence-corrected chi connectivity index (χ3v) is 3.18. The number of anilines is 1. The minimum absolute atomic E-state index is 0.0277. The first-order chi connectivity index (χ1) is 9.88. The summed E-state index contributed by atoms with van der Waals surface area (Å²) in [6, 6.07) is 7.39. The highest BCUT2D eigenvalue weighted by Crippen LogP contribution is 2.19. The molecule has 21 heavy (non-hydrogen) atoms. The average molecular weight is 327 g/mol. The van der Waals surface area contributed by atoms with Crippen LogP contribution >= 0.6 is 23.8 Å². The summed E-state index contributed by atoms with van der Waals surface area (Å²) in [5, 5.41) is 2.36. The van der Waals surface area contributed by atoms with Crippen LogP contribution in [0.4, 0.5) is 14.5 Å². The smallest absolute Gasteiger partial charge is 0.255 e. The largest absolute Gasteiger partial charge is 0.389 e. The van der Waals surface area contributed by atoms with Gasteiger partial charge < -0.3 is 11.1 Å². The summed E-state index contributed by atoms with van der Waals surface area (Å²) in [6.07, 6.45) is 0. The number of amides is 1. The lowest BCUT2D eigenvalue weighted by atomic mass is 10.1. The highest BCUT2D eigenvalue weighted by molar-refractivity contribution is 7.80. The van der Waals surface area contributed by atoms with Gasteiger partial charge in [-0.25, -0.2) is 8.78 Å². The topological polar surface area (TPSA) is 55.1 Å². The van der Waals surface area contributed by atoms with Gasteiger partial charge in [-0.15, -0.1) is 0 Å². The second kappa shape index (κ2) is 6.15. The summed E-state index contributed by atoms with van der Waals surface area (Å²) in [7, 11) is 0. The first kappa shape index (κ1) is 15.3. The molecule has 2 aromatic rings. The van der Waals surface area contributed by atoms with Crippen LogP contribution in [0.1, 0.15) is 15.9 Å². The standard InChI is InChI=1S/C14H9ClF2N2OS/c15-10-5-7(1-3-12(10)17)14(20)19-8-2-4-11(16)9(6-8)13(18)21/h1-6H,(H2,18,21)(H,19,20). The van der Waals surface area contributed by atoms with Crippen molar-refractivity contribution in [2.24, 2.45) is 5.73 Å². The van der Waals surface area contributed by atoms with Crippen LogP contribution in [0.5, 0.6) is 0 Å². The molecule has 1 amide bonds. The molecule has 0 aliphatic carbocycles. The van der Waals surface area contributed by atoms with E-state index in [1.807, 2.05) is 0 Å². The van der Waals surface area contributed by atoms with Crippen molar-refractivity contribution < 1.29 is 13.6 Å². The van der Waals surface area contributed by atoms with Crippen molar-refractivity contribution in [3.63, 3.8) is 0 Å². The second-order valence-corrected chi connectivity index (χ2v) is 4.99. The van der Waals surface area contributed by atoms with E-state index in [0.717, 1.165) is 12.1 Å². The highest BCUT2D eigenvalue weighted by atomic mass is 35.5. The molecule has 7 heteroatoms. The number of nitrogens with one attached hydrogen (secondary N) is 1. The van der Waals surface area contributed by atoms with Crippen LogP contribution in [-0.4, -0.2) is 10.9 Å². The van der Waals surface area contributed by atoms with Gasteiger partial charge in [0.05, 0.1) is 5.02 Å². The number of hydrogen-bond acceptors (Lipinski definition) is 2. The van der Waals surface area contributed by atoms with Gasteiger partial charge in [0.25, 0.3) is 5.91 Å². The van der Waals surface area contributed by atoms with Gasteiger partial charge in [-0.1, -0.05) is 23.8 Å². The number of carbonyl (C=O) groups is 1. The maximum Gasteiger partial charge on any atom is 0.255 e. The molecule has 0 fully saturated rings. The summed E-state index contributed by atoms with van der Waals surface area (Å²) in [4.78, 5) is 11.9. The zero-order valence-corrected chi connectivity index (χ0v) is 12.1. The molecule has 0 unspecified atom stereocenters. The van der Waals surface area contributed by atoms with Gasteiger partial charge in [-0.3, -0.25) is 4.79 Å². The van der Waals surface area contributed by atoms with Crippen LogP contribution < -0.4 is 11.1 Å². The van der Waals surface area contributed by atoms with Crippen molar-refractivity contribution in [2.75, 3.05) is 5.32 Å². The van der Waals surface area contributed by atoms with Gasteiger partial charge in [0.15, 0.2) is 0 Å². The Bertz CT molecular complexity index is 737. The first-order valence-electron chi connectivity index (χ1n) is 5.74. The summed E-state index contributed by atoms with van der Waals surface area (Å²) in [5.41, 5.74) is 5.89. The van der Waals surface area contributed by atoms with Crippen LogP contribution in [0.2, 0.25) is 5.02 Å². The molecule has 108 valence electrons. The molecular formula is C14H9ClF2N2OS. The van der Waals surface area contributed by atoms with E-state index in [-0.39, 0.29) is 21.1 Å². The van der Waals surface area contributed by atoms with Crippen LogP contribution in [0, 0.1) is 11.6 Å². The first-order valence-corrected chi connectivity index (χ1v) is 6.53. The van der Waals surface area contributed by atoms with Crippen molar-refractivity contribution >= 4 is 40.4 Å². The molecule has 0 aliphatic heterocycles. The number of hydrogen-bond donors (Lipinski definition) is 2. The molecule has 0 saturated heterocycles. The molecule has 0 saturated carbocycles. The number of thiocarbonyl (C=S) groups is 1. The molecule has 2 rings (SSSR count). The Labute approximate surface area is 129 Å². The molecule has 0 spiro atoms. The van der Waals surface area contributed by atoms with Gasteiger partial charge in [0.1, 0.15) is 16.6 Å². The van der Waals surface area contributed by atoms with Crippen molar-refractivity contribution in [3.05, 3.63) is 64.2 Å². The van der Waals surface area contributed by atoms with E-state index in [1.54, 1.807) is 0 Å². The maximum atomic E-state index is 13.4. The molecule has 0 radical (unpaired) electrons. The maximum absolute atomic E-state index is 13.4. The number of carbonyl (C=O) groups excluding carboxylic acids is 1. The van der Waals surface area contributed by atoms with Gasteiger partial charge in [0, 0.05) is 16.8 Å². The van der Waals surface area contributed by atoms with E-state index >= 15 is 0 Å². The Hall–Kier alpha value is -2.05. The second-order valence-electron chi connectivity index (χ2n) is 4.14. The van der Waals surface area contributed by atoms with Gasteiger partial charge in [-0.2, -0.15) is 0 Å². The molecule has 3 nitrogen and oxygen atoms in total. The Morgan fingerprint density at radius 2 is 1.81 bits per heavy atom. The van der Waals surface area contributed by atoms with E-state index in [0.29, 0.717) is 5.69 Å². The Balaban J connectivity index is 2.25. The van der Waals surface area contributed by atoms with E-state index in [9.17, 15) is 13.6 Å². The zero-order valence-electron chi connectivity index (χ0n) is 10.5. The average Bonchev–Trinajstić information content (AvgIpc) is 2.43. The third-order valence-electron chi connectivity index (χ3n) is 2.67. The fourth-order valence-corrected chi connectivity index (χ4v) is 1.97. The number of halogens is 3. The summed E-state index contributed by atoms with van der Waals surface area (Å²) >= 11 is 10.3. The predicted molar refractivity (Wildman–Crippen MR) is 81.7 cm³/mol. The van der Waals surface area contributed by atoms with Gasteiger partial charge in [-0.05, 0) is 36.4 Å². The minimum atomic E-state index is -0.620. The lowest BCUT2D eigenvalue weighted by molar-refractivity contribution is 0.102. The van der Waals surface area contributed by atoms with Gasteiger partial charge in [0.2, 0.25) is 0 Å². The lowest BCUT2D eigenvalue weighted by Gasteiger charge is -2.08. The Morgan fingerprint density at radius 3 is 2.43 bits per heavy atom. The SMILES string of the molecule is NC(=S)c1cc(NC(=O)c2ccc(F)c(Cl)c2)ccc1F. The molecule has 2 aromatic carbocycles. The van der Waals surface area contributed by atoms with Crippen LogP contribution in [0.25, 0.3) is 0 Å². The third kappa shape index (κ3) is 3.53. The summed E-state index contributed by atoms with van der Waals surface area (Å²) in [6.45, 7) is 0. The number of benzene rings is 2. The van der Waals surface area contributed by atoms with Crippen molar-refractivity contribution in [2.45, 2.75) is 0 Å². The summed E-state index contributed by atoms with van der Waals surface area (Å²) in [5.74, 6) is -1.71. The van der Waals surface area contributed by atoms with E-state index in [4.69, 9.17) is 29.6 Å². The molecule has 0 aliphatic rings. The fraction of sp³-hybridized carbons (Fsp3) is 0. The number of rotatable bonds is 3. The quantitative estimate of drug-likeness (QED) is 0.849. The molecular weight excluding hydrogens is 318 g/mol. The van der Waals surface area contributed by atoms with Crippen LogP contribution in [0.15, 0.2) is 36.4 Å². The van der Waals surface area contributed by atoms with Crippen LogP contribution in [-0.2, 0) is 0 Å². The van der Waals surface area contributed by atoms with Crippen molar-refractivity contribution in [3.8, 4) is 0 Å². The monoisotopic (exact) mass is 326 g/mol. The fourth-order valence-electron chi connectivity index (χ4n) is 1.63. The van der Waals surface area contributed by atoms with E-state index in [1.165, 1.54) is 24.3 Å². The Kier molecular flexibility index (Phi) is 4.50. The predicted octanol–water partition coefficient (Wildman–Crippen LogP) is 3.50. The minimum Gasteiger partial charge on any atom is -0.389 e. The van der Waals surface area contributed by atoms with Crippen molar-refractivity contribution in [1.29, 1.82) is 0 Å². The van der Waals surface area contributed by atoms with Crippen LogP contribution in [0.3, 0.4) is 0 Å². The molecule has 0 heterocycles. The normalized spacial score (nSPS) is 10.2. The summed E-state index contributed by atoms with van der Waals surface area (Å²) < 4.78 is 26.5. The molecule has 0 bridgehead atoms. The van der Waals surface area contributed by atoms with E-state index in [2.05, 4.69) is 5.32 Å². The number of nitrogens with two attached hydrogens (primary N) is 1. The molecule has 3 N–H and O–H groups in total. The molecule has 0 aromatic heterocycles. The Morgan fingerprint density at radius 1 is 1.14 bits per heavy atom. The molecule has 0 atom stereocenters. The van der Waals surface area contributed by atoms with Crippen molar-refractivity contribution in [1.82, 2.24) is 0 Å². The van der Waals surface area contributed by atoms with E-state index < -0.39 is 17.5 Å². The van der Waals surface area contributed by atoms with Gasteiger partial charge >= 0.3 is 0 Å². The zero-order chi connectivity index (χ0) is 15.6. The highest BCUT2D eigenvalue weighted by Gasteiger charge is 2.11. The lowest BCUT2D eigenvalue weighted by Crippen LogP contribution is -2.15.